The highest BCUT2D eigenvalue weighted by Gasteiger charge is 2.09. The van der Waals surface area contributed by atoms with Crippen LogP contribution in [0.15, 0.2) is 63.8 Å². The third-order valence-electron chi connectivity index (χ3n) is 3.69. The maximum atomic E-state index is 12.8. The summed E-state index contributed by atoms with van der Waals surface area (Å²) in [6.07, 6.45) is 2.76. The van der Waals surface area contributed by atoms with Gasteiger partial charge in [-0.05, 0) is 35.9 Å². The fraction of sp³-hybridized carbons (Fsp3) is 0.100. The lowest BCUT2D eigenvalue weighted by molar-refractivity contribution is -0.138. The van der Waals surface area contributed by atoms with Crippen LogP contribution in [-0.2, 0) is 16.1 Å². The van der Waals surface area contributed by atoms with Crippen molar-refractivity contribution in [3.63, 3.8) is 0 Å². The van der Waals surface area contributed by atoms with E-state index in [1.165, 1.54) is 37.5 Å². The van der Waals surface area contributed by atoms with Crippen LogP contribution < -0.4 is 10.4 Å². The Morgan fingerprint density at radius 2 is 1.92 bits per heavy atom. The zero-order chi connectivity index (χ0) is 18.5. The van der Waals surface area contributed by atoms with Crippen molar-refractivity contribution in [3.05, 3.63) is 82.0 Å². The summed E-state index contributed by atoms with van der Waals surface area (Å²) in [4.78, 5) is 23.6. The monoisotopic (exact) mass is 354 g/mol. The van der Waals surface area contributed by atoms with Gasteiger partial charge in [-0.1, -0.05) is 12.1 Å². The Morgan fingerprint density at radius 3 is 2.65 bits per heavy atom. The van der Waals surface area contributed by atoms with Crippen LogP contribution in [0.4, 0.5) is 4.39 Å². The SMILES string of the molecule is COc1ccc2c(COC(=O)C=Cc3ccc(F)cc3)cc(=O)oc2c1. The van der Waals surface area contributed by atoms with E-state index < -0.39 is 11.6 Å². The van der Waals surface area contributed by atoms with E-state index in [4.69, 9.17) is 13.9 Å². The molecule has 0 spiro atoms. The Balaban J connectivity index is 1.73. The zero-order valence-electron chi connectivity index (χ0n) is 13.9. The van der Waals surface area contributed by atoms with E-state index in [2.05, 4.69) is 0 Å². The lowest BCUT2D eigenvalue weighted by atomic mass is 10.1. The molecule has 132 valence electrons. The van der Waals surface area contributed by atoms with Gasteiger partial charge in [-0.2, -0.15) is 0 Å². The molecule has 3 aromatic rings. The first-order valence-electron chi connectivity index (χ1n) is 7.76. The van der Waals surface area contributed by atoms with Crippen LogP contribution in [0, 0.1) is 5.82 Å². The largest absolute Gasteiger partial charge is 0.497 e. The summed E-state index contributed by atoms with van der Waals surface area (Å²) in [5.74, 6) is -0.377. The van der Waals surface area contributed by atoms with Crippen LogP contribution in [0.5, 0.6) is 5.75 Å². The standard InChI is InChI=1S/C20H15FO5/c1-24-16-7-8-17-14(10-20(23)26-18(17)11-16)12-25-19(22)9-4-13-2-5-15(21)6-3-13/h2-11H,12H2,1H3. The van der Waals surface area contributed by atoms with Gasteiger partial charge in [0, 0.05) is 29.2 Å². The molecule has 0 aliphatic heterocycles. The second-order valence-electron chi connectivity index (χ2n) is 5.45. The number of benzene rings is 2. The van der Waals surface area contributed by atoms with Gasteiger partial charge in [-0.3, -0.25) is 0 Å². The predicted octanol–water partition coefficient (Wildman–Crippen LogP) is 3.70. The van der Waals surface area contributed by atoms with Crippen molar-refractivity contribution in [1.82, 2.24) is 0 Å². The summed E-state index contributed by atoms with van der Waals surface area (Å²) < 4.78 is 28.3. The van der Waals surface area contributed by atoms with Gasteiger partial charge >= 0.3 is 11.6 Å². The van der Waals surface area contributed by atoms with Crippen molar-refractivity contribution < 1.29 is 23.1 Å². The summed E-state index contributed by atoms with van der Waals surface area (Å²) in [5, 5.41) is 0.653. The summed E-state index contributed by atoms with van der Waals surface area (Å²) in [5.41, 5.74) is 1.01. The smallest absolute Gasteiger partial charge is 0.336 e. The lowest BCUT2D eigenvalue weighted by Gasteiger charge is -2.07. The number of rotatable bonds is 5. The topological polar surface area (TPSA) is 65.7 Å². The molecule has 0 aliphatic rings. The molecule has 0 radical (unpaired) electrons. The Labute approximate surface area is 148 Å². The molecule has 0 saturated carbocycles. The number of esters is 1. The molecule has 2 aromatic carbocycles. The highest BCUT2D eigenvalue weighted by molar-refractivity contribution is 5.87. The molecule has 0 fully saturated rings. The highest BCUT2D eigenvalue weighted by atomic mass is 19.1. The van der Waals surface area contributed by atoms with E-state index in [-0.39, 0.29) is 12.4 Å². The van der Waals surface area contributed by atoms with Crippen LogP contribution >= 0.6 is 0 Å². The van der Waals surface area contributed by atoms with E-state index in [0.717, 1.165) is 0 Å². The maximum absolute atomic E-state index is 12.8. The summed E-state index contributed by atoms with van der Waals surface area (Å²) in [7, 11) is 1.51. The number of fused-ring (bicyclic) bond motifs is 1. The highest BCUT2D eigenvalue weighted by Crippen LogP contribution is 2.23. The number of ether oxygens (including phenoxy) is 2. The number of methoxy groups -OCH3 is 1. The summed E-state index contributed by atoms with van der Waals surface area (Å²) >= 11 is 0. The summed E-state index contributed by atoms with van der Waals surface area (Å²) in [6.45, 7) is -0.0823. The van der Waals surface area contributed by atoms with Gasteiger partial charge in [0.25, 0.3) is 0 Å². The molecule has 0 aliphatic carbocycles. The van der Waals surface area contributed by atoms with Gasteiger partial charge in [0.15, 0.2) is 0 Å². The van der Waals surface area contributed by atoms with Crippen molar-refractivity contribution in [2.45, 2.75) is 6.61 Å². The van der Waals surface area contributed by atoms with Crippen LogP contribution in [0.2, 0.25) is 0 Å². The molecule has 26 heavy (non-hydrogen) atoms. The Kier molecular flexibility index (Phi) is 5.12. The number of carbonyl (C=O) groups is 1. The van der Waals surface area contributed by atoms with Crippen LogP contribution in [0.1, 0.15) is 11.1 Å². The molecule has 3 rings (SSSR count). The van der Waals surface area contributed by atoms with Gasteiger partial charge in [0.2, 0.25) is 0 Å². The molecule has 1 aromatic heterocycles. The predicted molar refractivity (Wildman–Crippen MR) is 94.3 cm³/mol. The van der Waals surface area contributed by atoms with Crippen molar-refractivity contribution in [1.29, 1.82) is 0 Å². The second kappa shape index (κ2) is 7.65. The fourth-order valence-corrected chi connectivity index (χ4v) is 2.39. The van der Waals surface area contributed by atoms with Gasteiger partial charge in [-0.25, -0.2) is 14.0 Å². The van der Waals surface area contributed by atoms with Crippen LogP contribution in [0.3, 0.4) is 0 Å². The van der Waals surface area contributed by atoms with E-state index in [9.17, 15) is 14.0 Å². The fourth-order valence-electron chi connectivity index (χ4n) is 2.39. The van der Waals surface area contributed by atoms with Crippen molar-refractivity contribution in [3.8, 4) is 5.75 Å². The van der Waals surface area contributed by atoms with Crippen molar-refractivity contribution in [2.24, 2.45) is 0 Å². The molecule has 0 unspecified atom stereocenters. The Morgan fingerprint density at radius 1 is 1.15 bits per heavy atom. The number of halogens is 1. The molecule has 0 atom stereocenters. The van der Waals surface area contributed by atoms with E-state index in [0.29, 0.717) is 27.8 Å². The first-order valence-corrected chi connectivity index (χ1v) is 7.76. The van der Waals surface area contributed by atoms with Crippen LogP contribution in [0.25, 0.3) is 17.0 Å². The maximum Gasteiger partial charge on any atom is 0.336 e. The average Bonchev–Trinajstić information content (AvgIpc) is 2.64. The van der Waals surface area contributed by atoms with Crippen molar-refractivity contribution in [2.75, 3.05) is 7.11 Å². The molecule has 0 amide bonds. The number of hydrogen-bond donors (Lipinski definition) is 0. The van der Waals surface area contributed by atoms with Gasteiger partial charge in [0.1, 0.15) is 23.8 Å². The molecule has 5 nitrogen and oxygen atoms in total. The summed E-state index contributed by atoms with van der Waals surface area (Å²) in [6, 6.07) is 12.0. The molecule has 0 saturated heterocycles. The molecular weight excluding hydrogens is 339 g/mol. The van der Waals surface area contributed by atoms with Gasteiger partial charge in [-0.15, -0.1) is 0 Å². The minimum absolute atomic E-state index is 0.0823. The molecule has 0 bridgehead atoms. The van der Waals surface area contributed by atoms with Crippen molar-refractivity contribution >= 4 is 23.0 Å². The molecule has 0 N–H and O–H groups in total. The Hall–Kier alpha value is -3.41. The number of hydrogen-bond acceptors (Lipinski definition) is 5. The first-order chi connectivity index (χ1) is 12.5. The average molecular weight is 354 g/mol. The first kappa shape index (κ1) is 17.4. The van der Waals surface area contributed by atoms with Gasteiger partial charge < -0.3 is 13.9 Å². The molecular formula is C20H15FO5. The number of carbonyl (C=O) groups excluding carboxylic acids is 1. The van der Waals surface area contributed by atoms with Gasteiger partial charge in [0.05, 0.1) is 7.11 Å². The van der Waals surface area contributed by atoms with E-state index in [1.54, 1.807) is 30.3 Å². The zero-order valence-corrected chi connectivity index (χ0v) is 13.9. The third-order valence-corrected chi connectivity index (χ3v) is 3.69. The van der Waals surface area contributed by atoms with E-state index in [1.807, 2.05) is 0 Å². The quantitative estimate of drug-likeness (QED) is 0.397. The minimum atomic E-state index is -0.579. The molecule has 6 heteroatoms. The Bertz CT molecular complexity index is 1020. The second-order valence-corrected chi connectivity index (χ2v) is 5.45. The normalized spacial score (nSPS) is 11.0. The van der Waals surface area contributed by atoms with Crippen LogP contribution in [-0.4, -0.2) is 13.1 Å². The molecule has 1 heterocycles. The van der Waals surface area contributed by atoms with E-state index >= 15 is 0 Å². The minimum Gasteiger partial charge on any atom is -0.497 e. The lowest BCUT2D eigenvalue weighted by Crippen LogP contribution is -2.05. The third kappa shape index (κ3) is 4.16.